The Morgan fingerprint density at radius 2 is 2.21 bits per heavy atom. The van der Waals surface area contributed by atoms with Gasteiger partial charge in [-0.15, -0.1) is 0 Å². The van der Waals surface area contributed by atoms with Gasteiger partial charge in [-0.1, -0.05) is 0 Å². The maximum absolute atomic E-state index is 12.8. The molecule has 1 aromatic rings. The van der Waals surface area contributed by atoms with Crippen molar-refractivity contribution in [1.29, 1.82) is 0 Å². The van der Waals surface area contributed by atoms with E-state index in [1.165, 1.54) is 13.2 Å². The van der Waals surface area contributed by atoms with Gasteiger partial charge in [0.15, 0.2) is 0 Å². The Bertz CT molecular complexity index is 350. The Morgan fingerprint density at radius 3 is 2.71 bits per heavy atom. The van der Waals surface area contributed by atoms with Crippen LogP contribution in [0.25, 0.3) is 0 Å². The molecule has 0 aliphatic heterocycles. The van der Waals surface area contributed by atoms with Gasteiger partial charge in [0, 0.05) is 13.5 Å². The first kappa shape index (κ1) is 9.61. The number of halogens is 2. The second-order valence-electron chi connectivity index (χ2n) is 3.55. The number of alkyl halides is 2. The lowest BCUT2D eigenvalue weighted by molar-refractivity contribution is 0.0817. The van der Waals surface area contributed by atoms with Crippen LogP contribution in [0, 0.1) is 0 Å². The molecule has 5 heteroatoms. The summed E-state index contributed by atoms with van der Waals surface area (Å²) in [6.07, 6.45) is -0.347. The molecule has 0 amide bonds. The number of hydrogen-bond donors (Lipinski definition) is 1. The van der Waals surface area contributed by atoms with Gasteiger partial charge in [-0.25, -0.2) is 8.78 Å². The maximum atomic E-state index is 12.8. The molecule has 1 atom stereocenters. The van der Waals surface area contributed by atoms with Crippen molar-refractivity contribution in [3.05, 3.63) is 23.7 Å². The lowest BCUT2D eigenvalue weighted by Gasteiger charge is -2.05. The Hall–Kier alpha value is -0.940. The molecule has 0 radical (unpaired) electrons. The third kappa shape index (κ3) is 1.24. The van der Waals surface area contributed by atoms with Crippen molar-refractivity contribution in [2.75, 3.05) is 7.11 Å². The van der Waals surface area contributed by atoms with Crippen LogP contribution in [0.5, 0.6) is 0 Å². The smallest absolute Gasteiger partial charge is 0.275 e. The average Bonchev–Trinajstić information content (AvgIpc) is 2.51. The van der Waals surface area contributed by atoms with Crippen LogP contribution < -0.4 is 5.73 Å². The topological polar surface area (TPSA) is 48.4 Å². The van der Waals surface area contributed by atoms with Crippen LogP contribution in [0.3, 0.4) is 0 Å². The number of nitrogens with two attached hydrogens (primary N) is 1. The van der Waals surface area contributed by atoms with E-state index in [1.54, 1.807) is 6.07 Å². The second kappa shape index (κ2) is 2.77. The van der Waals surface area contributed by atoms with Crippen LogP contribution in [-0.4, -0.2) is 13.0 Å². The Balaban J connectivity index is 2.19. The molecule has 0 spiro atoms. The molecule has 14 heavy (non-hydrogen) atoms. The molecule has 2 rings (SSSR count). The molecule has 0 aromatic carbocycles. The highest BCUT2D eigenvalue weighted by Crippen LogP contribution is 2.57. The summed E-state index contributed by atoms with van der Waals surface area (Å²) in [5.41, 5.74) is 3.87. The molecule has 1 fully saturated rings. The fourth-order valence-electron chi connectivity index (χ4n) is 1.41. The molecule has 1 heterocycles. The minimum absolute atomic E-state index is 0.134. The summed E-state index contributed by atoms with van der Waals surface area (Å²) < 4.78 is 35.7. The quantitative estimate of drug-likeness (QED) is 0.812. The van der Waals surface area contributed by atoms with Crippen LogP contribution in [0.2, 0.25) is 0 Å². The highest BCUT2D eigenvalue weighted by molar-refractivity contribution is 5.29. The Labute approximate surface area is 79.8 Å². The zero-order chi connectivity index (χ0) is 10.4. The monoisotopic (exact) mass is 203 g/mol. The first-order valence-corrected chi connectivity index (χ1v) is 4.24. The molecule has 3 nitrogen and oxygen atoms in total. The number of furan rings is 1. The van der Waals surface area contributed by atoms with Crippen molar-refractivity contribution in [2.24, 2.45) is 5.73 Å². The highest BCUT2D eigenvalue weighted by atomic mass is 19.3. The predicted molar refractivity (Wildman–Crippen MR) is 44.9 cm³/mol. The molecule has 1 aliphatic rings. The van der Waals surface area contributed by atoms with Crippen molar-refractivity contribution in [2.45, 2.75) is 24.5 Å². The predicted octanol–water partition coefficient (Wildman–Crippen LogP) is 1.62. The lowest BCUT2D eigenvalue weighted by atomic mass is 10.2. The third-order valence-electron chi connectivity index (χ3n) is 2.42. The van der Waals surface area contributed by atoms with Crippen molar-refractivity contribution < 1.29 is 17.9 Å². The van der Waals surface area contributed by atoms with Gasteiger partial charge in [0.05, 0.1) is 0 Å². The summed E-state index contributed by atoms with van der Waals surface area (Å²) in [6, 6.07) is 3.08. The van der Waals surface area contributed by atoms with Crippen LogP contribution in [-0.2, 0) is 16.9 Å². The number of hydrogen-bond acceptors (Lipinski definition) is 3. The van der Waals surface area contributed by atoms with Gasteiger partial charge in [0.2, 0.25) is 0 Å². The van der Waals surface area contributed by atoms with Crippen molar-refractivity contribution in [3.63, 3.8) is 0 Å². The van der Waals surface area contributed by atoms with Gasteiger partial charge in [0.25, 0.3) is 5.92 Å². The number of rotatable bonds is 3. The fraction of sp³-hybridized carbons (Fsp3) is 0.556. The molecule has 1 saturated carbocycles. The summed E-state index contributed by atoms with van der Waals surface area (Å²) in [4.78, 5) is 0. The van der Waals surface area contributed by atoms with Gasteiger partial charge >= 0.3 is 0 Å². The van der Waals surface area contributed by atoms with E-state index in [2.05, 4.69) is 0 Å². The van der Waals surface area contributed by atoms with Crippen molar-refractivity contribution in [3.8, 4) is 0 Å². The second-order valence-corrected chi connectivity index (χ2v) is 3.55. The zero-order valence-electron chi connectivity index (χ0n) is 7.72. The van der Waals surface area contributed by atoms with Crippen LogP contribution in [0.4, 0.5) is 8.78 Å². The summed E-state index contributed by atoms with van der Waals surface area (Å²) >= 11 is 0. The highest BCUT2D eigenvalue weighted by Gasteiger charge is 2.72. The molecule has 0 bridgehead atoms. The van der Waals surface area contributed by atoms with Crippen LogP contribution in [0.1, 0.15) is 17.9 Å². The summed E-state index contributed by atoms with van der Waals surface area (Å²) in [6.45, 7) is 0.266. The molecule has 1 aromatic heterocycles. The van der Waals surface area contributed by atoms with Gasteiger partial charge in [-0.05, 0) is 12.1 Å². The standard InChI is InChI=1S/C9H11F2NO2/c1-13-4-6-2-3-7(14-6)8(12)5-9(8,10)11/h2-3H,4-5,12H2,1H3. The van der Waals surface area contributed by atoms with E-state index in [1.807, 2.05) is 0 Å². The van der Waals surface area contributed by atoms with Gasteiger partial charge in [-0.3, -0.25) is 0 Å². The first-order chi connectivity index (χ1) is 6.49. The minimum atomic E-state index is -2.84. The van der Waals surface area contributed by atoms with E-state index in [4.69, 9.17) is 14.9 Å². The Kier molecular flexibility index (Phi) is 1.90. The average molecular weight is 203 g/mol. The van der Waals surface area contributed by atoms with Gasteiger partial charge in [-0.2, -0.15) is 0 Å². The fourth-order valence-corrected chi connectivity index (χ4v) is 1.41. The van der Waals surface area contributed by atoms with E-state index in [0.29, 0.717) is 5.76 Å². The van der Waals surface area contributed by atoms with Crippen molar-refractivity contribution in [1.82, 2.24) is 0 Å². The third-order valence-corrected chi connectivity index (χ3v) is 2.42. The minimum Gasteiger partial charge on any atom is -0.461 e. The number of methoxy groups -OCH3 is 1. The van der Waals surface area contributed by atoms with Crippen LogP contribution >= 0.6 is 0 Å². The largest absolute Gasteiger partial charge is 0.461 e. The van der Waals surface area contributed by atoms with Crippen molar-refractivity contribution >= 4 is 0 Å². The number of ether oxygens (including phenoxy) is 1. The van der Waals surface area contributed by atoms with E-state index < -0.39 is 11.5 Å². The SMILES string of the molecule is COCc1ccc(C2(N)CC2(F)F)o1. The Morgan fingerprint density at radius 1 is 1.57 bits per heavy atom. The maximum Gasteiger partial charge on any atom is 0.275 e. The first-order valence-electron chi connectivity index (χ1n) is 4.24. The molecular formula is C9H11F2NO2. The summed E-state index contributed by atoms with van der Waals surface area (Å²) in [5, 5.41) is 0. The molecular weight excluding hydrogens is 192 g/mol. The van der Waals surface area contributed by atoms with Gasteiger partial charge < -0.3 is 14.9 Å². The van der Waals surface area contributed by atoms with E-state index in [-0.39, 0.29) is 18.8 Å². The summed E-state index contributed by atoms with van der Waals surface area (Å²) in [5.74, 6) is -2.19. The summed E-state index contributed by atoms with van der Waals surface area (Å²) in [7, 11) is 1.51. The molecule has 0 saturated heterocycles. The molecule has 78 valence electrons. The normalized spacial score (nSPS) is 29.1. The van der Waals surface area contributed by atoms with E-state index >= 15 is 0 Å². The molecule has 1 unspecified atom stereocenters. The van der Waals surface area contributed by atoms with E-state index in [9.17, 15) is 8.78 Å². The molecule has 1 aliphatic carbocycles. The molecule has 2 N–H and O–H groups in total. The zero-order valence-corrected chi connectivity index (χ0v) is 7.72. The lowest BCUT2D eigenvalue weighted by Crippen LogP contribution is -2.26. The van der Waals surface area contributed by atoms with Crippen LogP contribution in [0.15, 0.2) is 16.5 Å². The van der Waals surface area contributed by atoms with E-state index in [0.717, 1.165) is 0 Å². The van der Waals surface area contributed by atoms with Gasteiger partial charge in [0.1, 0.15) is 23.7 Å².